The lowest BCUT2D eigenvalue weighted by atomic mass is 10.2. The molecule has 5 heteroatoms. The van der Waals surface area contributed by atoms with Gasteiger partial charge in [-0.3, -0.25) is 4.68 Å². The SMILES string of the molecule is Cn1ncnc1Cn1ccc2cc(CO)ccc21. The van der Waals surface area contributed by atoms with Crippen LogP contribution < -0.4 is 0 Å². The van der Waals surface area contributed by atoms with E-state index in [-0.39, 0.29) is 6.61 Å². The predicted molar refractivity (Wildman–Crippen MR) is 68.0 cm³/mol. The molecule has 0 atom stereocenters. The monoisotopic (exact) mass is 242 g/mol. The lowest BCUT2D eigenvalue weighted by molar-refractivity contribution is 0.282. The summed E-state index contributed by atoms with van der Waals surface area (Å²) in [5.74, 6) is 0.915. The van der Waals surface area contributed by atoms with E-state index in [1.54, 1.807) is 11.0 Å². The lowest BCUT2D eigenvalue weighted by Gasteiger charge is -2.05. The Balaban J connectivity index is 2.00. The number of hydrogen-bond acceptors (Lipinski definition) is 3. The first-order valence-corrected chi connectivity index (χ1v) is 5.79. The number of aliphatic hydroxyl groups excluding tert-OH is 1. The largest absolute Gasteiger partial charge is 0.392 e. The van der Waals surface area contributed by atoms with Crippen LogP contribution in [0.5, 0.6) is 0 Å². The number of hydrogen-bond donors (Lipinski definition) is 1. The summed E-state index contributed by atoms with van der Waals surface area (Å²) < 4.78 is 3.90. The molecule has 0 saturated carbocycles. The highest BCUT2D eigenvalue weighted by Crippen LogP contribution is 2.18. The zero-order chi connectivity index (χ0) is 12.5. The number of nitrogens with zero attached hydrogens (tertiary/aromatic N) is 4. The van der Waals surface area contributed by atoms with Gasteiger partial charge in [-0.2, -0.15) is 5.10 Å². The van der Waals surface area contributed by atoms with E-state index in [4.69, 9.17) is 5.11 Å². The van der Waals surface area contributed by atoms with E-state index in [9.17, 15) is 0 Å². The predicted octanol–water partition coefficient (Wildman–Crippen LogP) is 1.31. The van der Waals surface area contributed by atoms with Crippen LogP contribution in [0.25, 0.3) is 10.9 Å². The number of rotatable bonds is 3. The summed E-state index contributed by atoms with van der Waals surface area (Å²) in [4.78, 5) is 4.22. The highest BCUT2D eigenvalue weighted by atomic mass is 16.3. The summed E-state index contributed by atoms with van der Waals surface area (Å²) in [5.41, 5.74) is 2.06. The van der Waals surface area contributed by atoms with Crippen LogP contribution in [-0.2, 0) is 20.2 Å². The molecule has 92 valence electrons. The van der Waals surface area contributed by atoms with Crippen molar-refractivity contribution in [3.63, 3.8) is 0 Å². The molecule has 18 heavy (non-hydrogen) atoms. The second-order valence-electron chi connectivity index (χ2n) is 4.29. The molecule has 3 aromatic rings. The molecule has 0 amide bonds. The van der Waals surface area contributed by atoms with E-state index in [0.717, 1.165) is 22.3 Å². The number of aliphatic hydroxyl groups is 1. The number of benzene rings is 1. The Labute approximate surface area is 104 Å². The molecule has 0 aliphatic carbocycles. The average Bonchev–Trinajstić information content (AvgIpc) is 2.97. The van der Waals surface area contributed by atoms with Gasteiger partial charge in [0.05, 0.1) is 13.2 Å². The molecule has 0 fully saturated rings. The molecular weight excluding hydrogens is 228 g/mol. The van der Waals surface area contributed by atoms with Gasteiger partial charge in [-0.05, 0) is 29.1 Å². The van der Waals surface area contributed by atoms with Gasteiger partial charge >= 0.3 is 0 Å². The molecule has 5 nitrogen and oxygen atoms in total. The molecule has 0 aliphatic heterocycles. The summed E-state index contributed by atoms with van der Waals surface area (Å²) in [5, 5.41) is 14.3. The highest BCUT2D eigenvalue weighted by Gasteiger charge is 2.05. The number of aromatic nitrogens is 4. The summed E-state index contributed by atoms with van der Waals surface area (Å²) in [6.45, 7) is 0.767. The molecular formula is C13H14N4O. The smallest absolute Gasteiger partial charge is 0.146 e. The number of aryl methyl sites for hydroxylation is 1. The maximum atomic E-state index is 9.12. The van der Waals surface area contributed by atoms with Gasteiger partial charge < -0.3 is 9.67 Å². The summed E-state index contributed by atoms with van der Waals surface area (Å²) in [6.07, 6.45) is 3.59. The van der Waals surface area contributed by atoms with Gasteiger partial charge in [0.15, 0.2) is 0 Å². The third-order valence-electron chi connectivity index (χ3n) is 3.13. The molecule has 2 aromatic heterocycles. The van der Waals surface area contributed by atoms with E-state index in [1.165, 1.54) is 0 Å². The van der Waals surface area contributed by atoms with Crippen LogP contribution >= 0.6 is 0 Å². The zero-order valence-electron chi connectivity index (χ0n) is 10.1. The third kappa shape index (κ3) is 1.78. The Bertz CT molecular complexity index is 683. The fraction of sp³-hybridized carbons (Fsp3) is 0.231. The first kappa shape index (κ1) is 11.0. The molecule has 1 aromatic carbocycles. The summed E-state index contributed by atoms with van der Waals surface area (Å²) in [6, 6.07) is 8.01. The van der Waals surface area contributed by atoms with Crippen molar-refractivity contribution in [1.29, 1.82) is 0 Å². The van der Waals surface area contributed by atoms with Gasteiger partial charge in [0.1, 0.15) is 12.2 Å². The molecule has 0 saturated heterocycles. The Kier molecular flexibility index (Phi) is 2.60. The van der Waals surface area contributed by atoms with Crippen LogP contribution in [0.3, 0.4) is 0 Å². The average molecular weight is 242 g/mol. The van der Waals surface area contributed by atoms with Gasteiger partial charge in [-0.15, -0.1) is 0 Å². The van der Waals surface area contributed by atoms with Crippen molar-refractivity contribution < 1.29 is 5.11 Å². The van der Waals surface area contributed by atoms with E-state index in [1.807, 2.05) is 37.5 Å². The van der Waals surface area contributed by atoms with Crippen molar-refractivity contribution in [1.82, 2.24) is 19.3 Å². The first-order valence-electron chi connectivity index (χ1n) is 5.79. The second-order valence-corrected chi connectivity index (χ2v) is 4.29. The van der Waals surface area contributed by atoms with Crippen LogP contribution in [-0.4, -0.2) is 24.4 Å². The van der Waals surface area contributed by atoms with Crippen LogP contribution in [0.1, 0.15) is 11.4 Å². The van der Waals surface area contributed by atoms with Crippen molar-refractivity contribution in [2.45, 2.75) is 13.2 Å². The van der Waals surface area contributed by atoms with E-state index in [0.29, 0.717) is 6.54 Å². The molecule has 0 spiro atoms. The molecule has 0 unspecified atom stereocenters. The second kappa shape index (κ2) is 4.27. The van der Waals surface area contributed by atoms with Crippen molar-refractivity contribution in [3.05, 3.63) is 48.2 Å². The molecule has 0 aliphatic rings. The zero-order valence-corrected chi connectivity index (χ0v) is 10.1. The Morgan fingerprint density at radius 3 is 2.89 bits per heavy atom. The van der Waals surface area contributed by atoms with Crippen LogP contribution in [0.4, 0.5) is 0 Å². The number of fused-ring (bicyclic) bond motifs is 1. The van der Waals surface area contributed by atoms with Gasteiger partial charge in [0.25, 0.3) is 0 Å². The first-order chi connectivity index (χ1) is 8.78. The molecule has 2 heterocycles. The van der Waals surface area contributed by atoms with Crippen molar-refractivity contribution in [2.75, 3.05) is 0 Å². The van der Waals surface area contributed by atoms with Crippen LogP contribution in [0.15, 0.2) is 36.8 Å². The maximum absolute atomic E-state index is 9.12. The Hall–Kier alpha value is -2.14. The van der Waals surface area contributed by atoms with Crippen molar-refractivity contribution in [2.24, 2.45) is 7.05 Å². The standard InChI is InChI=1S/C13H14N4O/c1-16-13(14-9-15-16)7-17-5-4-11-6-10(8-18)2-3-12(11)17/h2-6,9,18H,7-8H2,1H3. The third-order valence-corrected chi connectivity index (χ3v) is 3.13. The van der Waals surface area contributed by atoms with Gasteiger partial charge in [0, 0.05) is 18.8 Å². The van der Waals surface area contributed by atoms with E-state index < -0.39 is 0 Å². The van der Waals surface area contributed by atoms with Crippen LogP contribution in [0, 0.1) is 0 Å². The van der Waals surface area contributed by atoms with Gasteiger partial charge in [-0.1, -0.05) is 6.07 Å². The molecule has 3 rings (SSSR count). The van der Waals surface area contributed by atoms with Crippen molar-refractivity contribution >= 4 is 10.9 Å². The fourth-order valence-electron chi connectivity index (χ4n) is 2.10. The Morgan fingerprint density at radius 1 is 1.28 bits per heavy atom. The topological polar surface area (TPSA) is 55.9 Å². The normalized spacial score (nSPS) is 11.2. The van der Waals surface area contributed by atoms with Gasteiger partial charge in [-0.25, -0.2) is 4.98 Å². The molecule has 0 radical (unpaired) electrons. The fourth-order valence-corrected chi connectivity index (χ4v) is 2.10. The van der Waals surface area contributed by atoms with Crippen LogP contribution in [0.2, 0.25) is 0 Å². The summed E-state index contributed by atoms with van der Waals surface area (Å²) >= 11 is 0. The van der Waals surface area contributed by atoms with E-state index in [2.05, 4.69) is 14.6 Å². The Morgan fingerprint density at radius 2 is 2.17 bits per heavy atom. The van der Waals surface area contributed by atoms with E-state index >= 15 is 0 Å². The maximum Gasteiger partial charge on any atom is 0.146 e. The van der Waals surface area contributed by atoms with Crippen molar-refractivity contribution in [3.8, 4) is 0 Å². The minimum Gasteiger partial charge on any atom is -0.392 e. The molecule has 1 N–H and O–H groups in total. The minimum atomic E-state index is 0.0738. The molecule has 0 bridgehead atoms. The van der Waals surface area contributed by atoms with Gasteiger partial charge in [0.2, 0.25) is 0 Å². The lowest BCUT2D eigenvalue weighted by Crippen LogP contribution is -2.05. The summed E-state index contributed by atoms with van der Waals surface area (Å²) in [7, 11) is 1.89. The quantitative estimate of drug-likeness (QED) is 0.753. The highest BCUT2D eigenvalue weighted by molar-refractivity contribution is 5.80. The minimum absolute atomic E-state index is 0.0738.